The molecule has 5 heteroatoms. The van der Waals surface area contributed by atoms with E-state index in [0.29, 0.717) is 5.92 Å². The van der Waals surface area contributed by atoms with E-state index in [4.69, 9.17) is 9.98 Å². The second-order valence-electron chi connectivity index (χ2n) is 20.2. The average Bonchev–Trinajstić information content (AvgIpc) is 3.94. The summed E-state index contributed by atoms with van der Waals surface area (Å²) < 4.78 is 2.75. The molecule has 5 nitrogen and oxygen atoms in total. The van der Waals surface area contributed by atoms with Gasteiger partial charge in [-0.25, -0.2) is 9.98 Å². The van der Waals surface area contributed by atoms with Crippen LogP contribution < -0.4 is 10.2 Å². The van der Waals surface area contributed by atoms with Crippen molar-refractivity contribution in [2.24, 2.45) is 21.8 Å². The van der Waals surface area contributed by atoms with Gasteiger partial charge in [0, 0.05) is 57.0 Å². The van der Waals surface area contributed by atoms with Gasteiger partial charge in [0.25, 0.3) is 0 Å². The van der Waals surface area contributed by atoms with Crippen molar-refractivity contribution in [3.05, 3.63) is 244 Å². The summed E-state index contributed by atoms with van der Waals surface area (Å²) in [4.78, 5) is 13.7. The molecule has 1 fully saturated rings. The Morgan fingerprint density at radius 1 is 0.643 bits per heavy atom. The number of fused-ring (bicyclic) bond motifs is 13. The van der Waals surface area contributed by atoms with Crippen LogP contribution >= 0.6 is 0 Å². The molecule has 0 saturated carbocycles. The fourth-order valence-electron chi connectivity index (χ4n) is 13.1. The van der Waals surface area contributed by atoms with E-state index >= 15 is 0 Å². The molecule has 5 aliphatic carbocycles. The first-order valence-corrected chi connectivity index (χ1v) is 25.4. The highest BCUT2D eigenvalue weighted by Gasteiger charge is 2.47. The number of hydrogen-bond acceptors (Lipinski definition) is 4. The standard InChI is InChI=1S/C65H51N5/c1-2-16-43-35-47(28-25-40(43)13-1)63-66-64(48-30-32-51-46(36-48)27-26-41-14-5-7-19-50(41)51)68-65(67-63)56-22-10-12-24-59(56)70-60-38-45-18-4-3-17-44(45)37-57(60)54-34-31-49(39-61(54)70)69-58-23-11-9-21-53(58)55-33-29-42-15-6-8-20-52(42)62(55)69/h1-7,10-16,18-19,22-38,44,49,54,61,65H,8-9,17,20-21,39H2,(H,66,67,68). The van der Waals surface area contributed by atoms with E-state index in [-0.39, 0.29) is 18.0 Å². The molecule has 1 aromatic heterocycles. The lowest BCUT2D eigenvalue weighted by atomic mass is 9.79. The average molecular weight is 902 g/mol. The maximum Gasteiger partial charge on any atom is 0.159 e. The number of hydrogen-bond donors (Lipinski definition) is 1. The zero-order valence-electron chi connectivity index (χ0n) is 39.0. The zero-order chi connectivity index (χ0) is 45.9. The van der Waals surface area contributed by atoms with E-state index in [1.54, 1.807) is 0 Å². The van der Waals surface area contributed by atoms with Crippen LogP contribution in [0, 0.1) is 11.8 Å². The molecule has 5 atom stereocenters. The van der Waals surface area contributed by atoms with Crippen molar-refractivity contribution < 1.29 is 0 Å². The van der Waals surface area contributed by atoms with Crippen LogP contribution in [0.3, 0.4) is 0 Å². The summed E-state index contributed by atoms with van der Waals surface area (Å²) in [6.07, 6.45) is 32.7. The molecule has 5 unspecified atom stereocenters. The van der Waals surface area contributed by atoms with Crippen LogP contribution in [0.2, 0.25) is 0 Å². The van der Waals surface area contributed by atoms with E-state index in [1.807, 2.05) is 0 Å². The molecule has 2 aliphatic heterocycles. The third-order valence-electron chi connectivity index (χ3n) is 16.4. The Balaban J connectivity index is 0.883. The highest BCUT2D eigenvalue weighted by Crippen LogP contribution is 2.53. The Hall–Kier alpha value is -8.02. The van der Waals surface area contributed by atoms with Gasteiger partial charge < -0.3 is 14.8 Å². The number of para-hydroxylation sites is 1. The van der Waals surface area contributed by atoms with E-state index in [0.717, 1.165) is 66.9 Å². The molecule has 0 spiro atoms. The molecule has 3 heterocycles. The second-order valence-corrected chi connectivity index (χ2v) is 20.2. The van der Waals surface area contributed by atoms with Crippen LogP contribution in [0.4, 0.5) is 5.69 Å². The van der Waals surface area contributed by atoms with Crippen molar-refractivity contribution in [2.75, 3.05) is 4.90 Å². The Bertz CT molecular complexity index is 3860. The van der Waals surface area contributed by atoms with E-state index in [2.05, 4.69) is 215 Å². The molecule has 1 saturated heterocycles. The number of allylic oxidation sites excluding steroid dienone is 10. The molecule has 15 rings (SSSR count). The number of aromatic nitrogens is 1. The minimum Gasteiger partial charge on any atom is -0.344 e. The van der Waals surface area contributed by atoms with Gasteiger partial charge in [-0.3, -0.25) is 0 Å². The normalized spacial score (nSPS) is 22.9. The quantitative estimate of drug-likeness (QED) is 0.138. The van der Waals surface area contributed by atoms with Crippen molar-refractivity contribution in [1.29, 1.82) is 0 Å². The first-order chi connectivity index (χ1) is 34.7. The Labute approximate surface area is 408 Å². The van der Waals surface area contributed by atoms with Crippen molar-refractivity contribution in [3.8, 4) is 0 Å². The summed E-state index contributed by atoms with van der Waals surface area (Å²) in [5, 5.41) is 12.7. The van der Waals surface area contributed by atoms with E-state index in [9.17, 15) is 0 Å². The molecule has 0 bridgehead atoms. The van der Waals surface area contributed by atoms with E-state index in [1.165, 1.54) is 88.1 Å². The molecule has 0 radical (unpaired) electrons. The third kappa shape index (κ3) is 6.23. The maximum absolute atomic E-state index is 5.60. The summed E-state index contributed by atoms with van der Waals surface area (Å²) in [5.41, 5.74) is 15.8. The van der Waals surface area contributed by atoms with Gasteiger partial charge in [0.05, 0.1) is 11.6 Å². The highest BCUT2D eigenvalue weighted by atomic mass is 15.2. The van der Waals surface area contributed by atoms with Crippen molar-refractivity contribution in [3.63, 3.8) is 0 Å². The molecular formula is C65H51N5. The smallest absolute Gasteiger partial charge is 0.159 e. The number of aliphatic imine (C=N–C) groups is 2. The van der Waals surface area contributed by atoms with Gasteiger partial charge in [0.15, 0.2) is 5.84 Å². The number of benzene rings is 7. The van der Waals surface area contributed by atoms with Crippen molar-refractivity contribution >= 4 is 72.7 Å². The van der Waals surface area contributed by atoms with Gasteiger partial charge in [-0.1, -0.05) is 170 Å². The topological polar surface area (TPSA) is 44.9 Å². The van der Waals surface area contributed by atoms with Crippen LogP contribution in [0.1, 0.15) is 77.0 Å². The Morgan fingerprint density at radius 3 is 2.37 bits per heavy atom. The number of nitrogens with one attached hydrogen (secondary N) is 1. The van der Waals surface area contributed by atoms with Crippen LogP contribution in [-0.4, -0.2) is 22.3 Å². The molecule has 336 valence electrons. The highest BCUT2D eigenvalue weighted by molar-refractivity contribution is 6.16. The molecule has 1 N–H and O–H groups in total. The SMILES string of the molecule is C1=CCC2C=C3C(=CC2=C1)N(c1ccccc1C1N=C(c2ccc4ccccc4c2)N=C(c2ccc4c(ccc5ccccc54)c2)N1)C1CC(n2c4c(c5ccc6c(c52)CCC=C6)CCC=C4)C=CC31. The number of anilines is 1. The van der Waals surface area contributed by atoms with E-state index < -0.39 is 6.17 Å². The largest absolute Gasteiger partial charge is 0.344 e. The minimum absolute atomic E-state index is 0.193. The lowest BCUT2D eigenvalue weighted by Gasteiger charge is -2.37. The molecule has 7 aliphatic rings. The minimum atomic E-state index is -0.405. The van der Waals surface area contributed by atoms with Crippen LogP contribution in [0.15, 0.2) is 215 Å². The maximum atomic E-state index is 5.60. The summed E-state index contributed by atoms with van der Waals surface area (Å²) in [6.45, 7) is 0. The predicted octanol–water partition coefficient (Wildman–Crippen LogP) is 14.8. The van der Waals surface area contributed by atoms with Crippen LogP contribution in [0.25, 0.3) is 55.4 Å². The Kier molecular flexibility index (Phi) is 8.99. The summed E-state index contributed by atoms with van der Waals surface area (Å²) >= 11 is 0. The molecular weight excluding hydrogens is 851 g/mol. The molecule has 7 aromatic carbocycles. The van der Waals surface area contributed by atoms with Gasteiger partial charge in [0.1, 0.15) is 12.0 Å². The van der Waals surface area contributed by atoms with Gasteiger partial charge >= 0.3 is 0 Å². The summed E-state index contributed by atoms with van der Waals surface area (Å²) in [7, 11) is 0. The zero-order valence-corrected chi connectivity index (χ0v) is 39.0. The Morgan fingerprint density at radius 2 is 1.41 bits per heavy atom. The number of rotatable bonds is 5. The first-order valence-electron chi connectivity index (χ1n) is 25.4. The lowest BCUT2D eigenvalue weighted by Crippen LogP contribution is -2.38. The first kappa shape index (κ1) is 39.9. The fourth-order valence-corrected chi connectivity index (χ4v) is 13.1. The van der Waals surface area contributed by atoms with Crippen LogP contribution in [-0.2, 0) is 12.8 Å². The second kappa shape index (κ2) is 15.8. The van der Waals surface area contributed by atoms with Crippen molar-refractivity contribution in [1.82, 2.24) is 9.88 Å². The lowest BCUT2D eigenvalue weighted by molar-refractivity contribution is 0.437. The number of aryl methyl sites for hydroxylation is 2. The summed E-state index contributed by atoms with van der Waals surface area (Å²) in [6, 6.07) is 49.3. The molecule has 70 heavy (non-hydrogen) atoms. The number of amidine groups is 2. The predicted molar refractivity (Wildman–Crippen MR) is 291 cm³/mol. The third-order valence-corrected chi connectivity index (χ3v) is 16.4. The van der Waals surface area contributed by atoms with Gasteiger partial charge in [-0.05, 0) is 129 Å². The van der Waals surface area contributed by atoms with Crippen molar-refractivity contribution in [2.45, 2.75) is 56.8 Å². The van der Waals surface area contributed by atoms with Crippen LogP contribution in [0.5, 0.6) is 0 Å². The van der Waals surface area contributed by atoms with Gasteiger partial charge in [-0.15, -0.1) is 0 Å². The molecule has 0 amide bonds. The molecule has 8 aromatic rings. The number of nitrogens with zero attached hydrogens (tertiary/aromatic N) is 4. The van der Waals surface area contributed by atoms with Gasteiger partial charge in [0.2, 0.25) is 0 Å². The van der Waals surface area contributed by atoms with Gasteiger partial charge in [-0.2, -0.15) is 0 Å². The summed E-state index contributed by atoms with van der Waals surface area (Å²) in [5.74, 6) is 2.20. The fraction of sp³-hybridized carbons (Fsp3) is 0.169. The monoisotopic (exact) mass is 901 g/mol.